The molecule has 0 aliphatic heterocycles. The molecule has 1 saturated carbocycles. The molecular weight excluding hydrogens is 588 g/mol. The van der Waals surface area contributed by atoms with E-state index in [9.17, 15) is 22.4 Å². The van der Waals surface area contributed by atoms with Crippen LogP contribution >= 0.6 is 23.2 Å². The molecule has 0 radical (unpaired) electrons. The lowest BCUT2D eigenvalue weighted by Crippen LogP contribution is -2.52. The van der Waals surface area contributed by atoms with Gasteiger partial charge in [-0.15, -0.1) is 0 Å². The topological polar surface area (TPSA) is 86.8 Å². The molecule has 11 heteroatoms. The number of anilines is 1. The Morgan fingerprint density at radius 2 is 1.61 bits per heavy atom. The van der Waals surface area contributed by atoms with Gasteiger partial charge in [0.1, 0.15) is 18.4 Å². The third-order valence-electron chi connectivity index (χ3n) is 7.21. The molecule has 218 valence electrons. The Morgan fingerprint density at radius 1 is 0.976 bits per heavy atom. The van der Waals surface area contributed by atoms with E-state index in [0.717, 1.165) is 59.8 Å². The van der Waals surface area contributed by atoms with Gasteiger partial charge < -0.3 is 10.2 Å². The van der Waals surface area contributed by atoms with Crippen molar-refractivity contribution >= 4 is 50.7 Å². The molecule has 2 amide bonds. The van der Waals surface area contributed by atoms with Crippen molar-refractivity contribution < 1.29 is 22.4 Å². The smallest absolute Gasteiger partial charge is 0.264 e. The van der Waals surface area contributed by atoms with Gasteiger partial charge in [0.15, 0.2) is 0 Å². The van der Waals surface area contributed by atoms with E-state index >= 15 is 0 Å². The van der Waals surface area contributed by atoms with Crippen LogP contribution in [0.1, 0.15) is 43.7 Å². The van der Waals surface area contributed by atoms with E-state index in [0.29, 0.717) is 15.6 Å². The van der Waals surface area contributed by atoms with Gasteiger partial charge in [0.05, 0.1) is 20.6 Å². The highest BCUT2D eigenvalue weighted by Crippen LogP contribution is 2.27. The molecule has 0 bridgehead atoms. The molecular formula is C30H32Cl2FN3O4S. The molecule has 0 heterocycles. The largest absolute Gasteiger partial charge is 0.352 e. The first-order valence-electron chi connectivity index (χ1n) is 13.3. The molecule has 7 nitrogen and oxygen atoms in total. The van der Waals surface area contributed by atoms with Gasteiger partial charge in [0.2, 0.25) is 11.8 Å². The minimum atomic E-state index is -4.28. The predicted octanol–water partition coefficient (Wildman–Crippen LogP) is 6.11. The van der Waals surface area contributed by atoms with E-state index in [2.05, 4.69) is 5.32 Å². The lowest BCUT2D eigenvalue weighted by Gasteiger charge is -2.32. The van der Waals surface area contributed by atoms with Gasteiger partial charge in [-0.2, -0.15) is 0 Å². The Kier molecular flexibility index (Phi) is 9.94. The monoisotopic (exact) mass is 619 g/mol. The number of carbonyl (C=O) groups excluding carboxylic acids is 2. The lowest BCUT2D eigenvalue weighted by molar-refractivity contribution is -0.139. The Balaban J connectivity index is 1.69. The molecule has 3 aromatic carbocycles. The zero-order chi connectivity index (χ0) is 29.7. The number of carbonyl (C=O) groups is 2. The number of aryl methyl sites for hydroxylation is 1. The molecule has 0 unspecified atom stereocenters. The molecule has 1 N–H and O–H groups in total. The third-order valence-corrected chi connectivity index (χ3v) is 9.74. The fourth-order valence-electron chi connectivity index (χ4n) is 4.78. The van der Waals surface area contributed by atoms with Gasteiger partial charge in [0, 0.05) is 12.6 Å². The number of benzene rings is 3. The number of rotatable bonds is 10. The van der Waals surface area contributed by atoms with Crippen LogP contribution in [-0.4, -0.2) is 43.8 Å². The summed E-state index contributed by atoms with van der Waals surface area (Å²) in [6, 6.07) is 15.1. The van der Waals surface area contributed by atoms with Crippen LogP contribution in [0.2, 0.25) is 10.0 Å². The van der Waals surface area contributed by atoms with E-state index in [1.165, 1.54) is 4.90 Å². The summed E-state index contributed by atoms with van der Waals surface area (Å²) in [6.07, 6.45) is 3.79. The molecule has 0 aromatic heterocycles. The summed E-state index contributed by atoms with van der Waals surface area (Å²) in [5.74, 6) is -1.51. The second-order valence-electron chi connectivity index (χ2n) is 10.2. The Morgan fingerprint density at radius 3 is 2.22 bits per heavy atom. The van der Waals surface area contributed by atoms with Crippen LogP contribution in [0.3, 0.4) is 0 Å². The number of amides is 2. The van der Waals surface area contributed by atoms with Crippen molar-refractivity contribution in [2.45, 2.75) is 63.1 Å². The zero-order valence-electron chi connectivity index (χ0n) is 22.8. The minimum Gasteiger partial charge on any atom is -0.352 e. The highest BCUT2D eigenvalue weighted by molar-refractivity contribution is 7.92. The summed E-state index contributed by atoms with van der Waals surface area (Å²) < 4.78 is 42.1. The van der Waals surface area contributed by atoms with Gasteiger partial charge >= 0.3 is 0 Å². The normalized spacial score (nSPS) is 14.5. The molecule has 41 heavy (non-hydrogen) atoms. The van der Waals surface area contributed by atoms with Crippen LogP contribution in [0.15, 0.2) is 71.6 Å². The second kappa shape index (κ2) is 13.2. The van der Waals surface area contributed by atoms with Gasteiger partial charge in [0.25, 0.3) is 10.0 Å². The fraction of sp³-hybridized carbons (Fsp3) is 0.333. The van der Waals surface area contributed by atoms with Gasteiger partial charge in [-0.05, 0) is 80.8 Å². The van der Waals surface area contributed by atoms with Gasteiger partial charge in [-0.1, -0.05) is 59.8 Å². The van der Waals surface area contributed by atoms with Crippen molar-refractivity contribution in [2.24, 2.45) is 0 Å². The van der Waals surface area contributed by atoms with E-state index in [1.807, 2.05) is 6.92 Å². The standard InChI is InChI=1S/C30H32Cl2FN3O4S/c1-20-7-12-25(13-8-20)36(41(39,40)26-14-10-23(33)11-15-26)19-29(37)35(18-22-9-16-27(31)28(32)17-22)21(2)30(38)34-24-5-3-4-6-24/h7-17,21,24H,3-6,18-19H2,1-2H3,(H,34,38)/t21-/m0/s1. The molecule has 3 aromatic rings. The van der Waals surface area contributed by atoms with Crippen LogP contribution in [0.5, 0.6) is 0 Å². The summed E-state index contributed by atoms with van der Waals surface area (Å²) in [5.41, 5.74) is 1.78. The molecule has 4 rings (SSSR count). The molecule has 1 fully saturated rings. The molecule has 1 atom stereocenters. The fourth-order valence-corrected chi connectivity index (χ4v) is 6.52. The van der Waals surface area contributed by atoms with Crippen LogP contribution in [0.25, 0.3) is 0 Å². The maximum absolute atomic E-state index is 14.0. The van der Waals surface area contributed by atoms with Crippen LogP contribution in [0, 0.1) is 12.7 Å². The average Bonchev–Trinajstić information content (AvgIpc) is 3.45. The zero-order valence-corrected chi connectivity index (χ0v) is 25.1. The Labute approximate surface area is 250 Å². The van der Waals surface area contributed by atoms with Crippen molar-refractivity contribution in [3.05, 3.63) is 93.7 Å². The van der Waals surface area contributed by atoms with Crippen molar-refractivity contribution in [3.8, 4) is 0 Å². The van der Waals surface area contributed by atoms with E-state index in [1.54, 1.807) is 49.4 Å². The molecule has 1 aliphatic carbocycles. The van der Waals surface area contributed by atoms with Crippen LogP contribution in [-0.2, 0) is 26.2 Å². The lowest BCUT2D eigenvalue weighted by atomic mass is 10.1. The number of nitrogens with one attached hydrogen (secondary N) is 1. The highest BCUT2D eigenvalue weighted by Gasteiger charge is 2.33. The SMILES string of the molecule is Cc1ccc(N(CC(=O)N(Cc2ccc(Cl)c(Cl)c2)[C@@H](C)C(=O)NC2CCCC2)S(=O)(=O)c2ccc(F)cc2)cc1. The van der Waals surface area contributed by atoms with E-state index < -0.39 is 34.3 Å². The summed E-state index contributed by atoms with van der Waals surface area (Å²) in [4.78, 5) is 28.4. The maximum atomic E-state index is 14.0. The number of nitrogens with zero attached hydrogens (tertiary/aromatic N) is 2. The Bertz CT molecular complexity index is 1500. The first-order chi connectivity index (χ1) is 19.5. The van der Waals surface area contributed by atoms with E-state index in [-0.39, 0.29) is 29.1 Å². The van der Waals surface area contributed by atoms with Crippen LogP contribution < -0.4 is 9.62 Å². The third kappa shape index (κ3) is 7.58. The maximum Gasteiger partial charge on any atom is 0.264 e. The first-order valence-corrected chi connectivity index (χ1v) is 15.5. The number of hydrogen-bond donors (Lipinski definition) is 1. The van der Waals surface area contributed by atoms with Crippen molar-refractivity contribution in [1.29, 1.82) is 0 Å². The number of sulfonamides is 1. The first kappa shape index (κ1) is 30.8. The average molecular weight is 621 g/mol. The second-order valence-corrected chi connectivity index (χ2v) is 12.9. The summed E-state index contributed by atoms with van der Waals surface area (Å²) >= 11 is 12.3. The highest BCUT2D eigenvalue weighted by atomic mass is 35.5. The number of hydrogen-bond acceptors (Lipinski definition) is 4. The van der Waals surface area contributed by atoms with Crippen molar-refractivity contribution in [1.82, 2.24) is 10.2 Å². The quantitative estimate of drug-likeness (QED) is 0.296. The minimum absolute atomic E-state index is 0.00664. The van der Waals surface area contributed by atoms with Crippen LogP contribution in [0.4, 0.5) is 10.1 Å². The summed E-state index contributed by atoms with van der Waals surface area (Å²) in [5, 5.41) is 3.66. The summed E-state index contributed by atoms with van der Waals surface area (Å²) in [7, 11) is -4.28. The summed E-state index contributed by atoms with van der Waals surface area (Å²) in [6.45, 7) is 2.88. The van der Waals surface area contributed by atoms with Gasteiger partial charge in [-0.3, -0.25) is 13.9 Å². The van der Waals surface area contributed by atoms with E-state index in [4.69, 9.17) is 23.2 Å². The molecule has 1 aliphatic rings. The molecule has 0 spiro atoms. The van der Waals surface area contributed by atoms with Gasteiger partial charge in [-0.25, -0.2) is 12.8 Å². The molecule has 0 saturated heterocycles. The van der Waals surface area contributed by atoms with Crippen molar-refractivity contribution in [2.75, 3.05) is 10.8 Å². The number of halogens is 3. The predicted molar refractivity (Wildman–Crippen MR) is 159 cm³/mol. The Hall–Kier alpha value is -3.14. The van der Waals surface area contributed by atoms with Crippen molar-refractivity contribution in [3.63, 3.8) is 0 Å².